The monoisotopic (exact) mass is 619 g/mol. The third-order valence-electron chi connectivity index (χ3n) is 10.5. The average Bonchev–Trinajstić information content (AvgIpc) is 3.73. The number of nitrogens with two attached hydrogens (primary N) is 3. The summed E-state index contributed by atoms with van der Waals surface area (Å²) >= 11 is 0. The number of esters is 1. The zero-order valence-electron chi connectivity index (χ0n) is 27.1. The Morgan fingerprint density at radius 1 is 1.18 bits per heavy atom. The molecule has 2 saturated carbocycles. The van der Waals surface area contributed by atoms with E-state index in [-0.39, 0.29) is 36.8 Å². The number of unbranched alkanes of at least 4 members (excludes halogenated alkanes) is 2. The van der Waals surface area contributed by atoms with Crippen LogP contribution in [0, 0.1) is 17.8 Å². The molecule has 2 aliphatic heterocycles. The van der Waals surface area contributed by atoms with Gasteiger partial charge in [0.05, 0.1) is 19.6 Å². The van der Waals surface area contributed by atoms with Gasteiger partial charge in [-0.2, -0.15) is 0 Å². The summed E-state index contributed by atoms with van der Waals surface area (Å²) < 4.78 is 12.2. The first-order chi connectivity index (χ1) is 21.1. The fourth-order valence-corrected chi connectivity index (χ4v) is 7.87. The molecular formula is C33H57N5O6+2. The van der Waals surface area contributed by atoms with E-state index in [1.807, 2.05) is 13.0 Å². The molecule has 4 fully saturated rings. The van der Waals surface area contributed by atoms with Crippen LogP contribution in [0.4, 0.5) is 0 Å². The zero-order valence-corrected chi connectivity index (χ0v) is 27.1. The SMILES string of the molecule is CCCCCC(CCCO)OC(=O)C12OC1(CC=C(C)CC(NC(N)=[NH+]C)C1CC[NH2+]C(N)C1)C(=O)C1CCCCC1C2=O. The molecule has 44 heavy (non-hydrogen) atoms. The van der Waals surface area contributed by atoms with Gasteiger partial charge >= 0.3 is 11.9 Å². The minimum atomic E-state index is -1.88. The number of nitrogens with one attached hydrogen (secondary N) is 2. The summed E-state index contributed by atoms with van der Waals surface area (Å²) in [5.74, 6) is -1.24. The molecule has 9 N–H and O–H groups in total. The molecule has 248 valence electrons. The summed E-state index contributed by atoms with van der Waals surface area (Å²) in [5.41, 5.74) is 10.0. The highest BCUT2D eigenvalue weighted by molar-refractivity contribution is 6.23. The first-order valence-electron chi connectivity index (χ1n) is 17.1. The van der Waals surface area contributed by atoms with Gasteiger partial charge < -0.3 is 19.9 Å². The van der Waals surface area contributed by atoms with Crippen molar-refractivity contribution in [2.24, 2.45) is 29.2 Å². The number of hydrogen-bond donors (Lipinski definition) is 6. The van der Waals surface area contributed by atoms with Crippen LogP contribution in [0.25, 0.3) is 0 Å². The highest BCUT2D eigenvalue weighted by Gasteiger charge is 2.87. The molecule has 11 heteroatoms. The molecule has 8 atom stereocenters. The van der Waals surface area contributed by atoms with Gasteiger partial charge in [0.2, 0.25) is 0 Å². The van der Waals surface area contributed by atoms with Gasteiger partial charge in [-0.25, -0.2) is 4.79 Å². The minimum absolute atomic E-state index is 0.00270. The molecule has 4 aliphatic rings. The number of aliphatic hydroxyl groups is 1. The Labute approximate surface area is 262 Å². The number of guanidine groups is 1. The zero-order chi connectivity index (χ0) is 31.9. The lowest BCUT2D eigenvalue weighted by atomic mass is 9.61. The van der Waals surface area contributed by atoms with E-state index >= 15 is 0 Å². The van der Waals surface area contributed by atoms with Crippen molar-refractivity contribution in [1.82, 2.24) is 5.32 Å². The molecular weight excluding hydrogens is 562 g/mol. The molecule has 8 unspecified atom stereocenters. The number of hydrogen-bond acceptors (Lipinski definition) is 7. The second kappa shape index (κ2) is 15.3. The van der Waals surface area contributed by atoms with E-state index in [1.54, 1.807) is 7.05 Å². The topological polar surface area (TPSA) is 188 Å². The van der Waals surface area contributed by atoms with Gasteiger partial charge in [-0.05, 0) is 45.4 Å². The van der Waals surface area contributed by atoms with Gasteiger partial charge in [0, 0.05) is 50.0 Å². The van der Waals surface area contributed by atoms with Gasteiger partial charge in [-0.3, -0.25) is 31.4 Å². The number of ether oxygens (including phenoxy) is 2. The maximum Gasteiger partial charge on any atom is 0.350 e. The summed E-state index contributed by atoms with van der Waals surface area (Å²) in [6.45, 7) is 5.06. The molecule has 2 heterocycles. The van der Waals surface area contributed by atoms with Gasteiger partial charge in [-0.1, -0.05) is 44.3 Å². The van der Waals surface area contributed by atoms with E-state index in [0.717, 1.165) is 57.1 Å². The fourth-order valence-electron chi connectivity index (χ4n) is 7.87. The summed E-state index contributed by atoms with van der Waals surface area (Å²) in [6.07, 6.45) is 11.8. The molecule has 0 radical (unpaired) electrons. The van der Waals surface area contributed by atoms with Gasteiger partial charge in [0.25, 0.3) is 5.60 Å². The van der Waals surface area contributed by atoms with Crippen molar-refractivity contribution < 1.29 is 39.3 Å². The molecule has 0 bridgehead atoms. The number of fused-ring (bicyclic) bond motifs is 2. The van der Waals surface area contributed by atoms with Crippen molar-refractivity contribution in [2.45, 2.75) is 133 Å². The third kappa shape index (κ3) is 7.21. The Morgan fingerprint density at radius 2 is 1.89 bits per heavy atom. The van der Waals surface area contributed by atoms with Crippen LogP contribution in [0.1, 0.15) is 104 Å². The van der Waals surface area contributed by atoms with E-state index in [9.17, 15) is 19.5 Å². The van der Waals surface area contributed by atoms with E-state index in [4.69, 9.17) is 20.9 Å². The van der Waals surface area contributed by atoms with Crippen LogP contribution in [0.15, 0.2) is 11.6 Å². The summed E-state index contributed by atoms with van der Waals surface area (Å²) in [5, 5.41) is 15.0. The standard InChI is InChI=1S/C33H55N5O6/c1-4-5-6-10-23(11-9-18-39)43-30(42)33-29(41)25-13-8-7-12-24(25)28(40)32(33,44-33)16-14-21(2)19-26(38-31(35)36-3)22-15-17-37-27(34)20-22/h14,22-27,37,39H,4-13,15-20,34H2,1-3H3,(H3,35,36,38)/p+2. The highest BCUT2D eigenvalue weighted by Crippen LogP contribution is 2.61. The Bertz CT molecular complexity index is 1100. The first-order valence-corrected chi connectivity index (χ1v) is 17.1. The van der Waals surface area contributed by atoms with Crippen LogP contribution in [0.5, 0.6) is 0 Å². The molecule has 11 nitrogen and oxygen atoms in total. The maximum absolute atomic E-state index is 14.1. The maximum atomic E-state index is 14.1. The normalized spacial score (nSPS) is 33.7. The quantitative estimate of drug-likeness (QED) is 0.0272. The summed E-state index contributed by atoms with van der Waals surface area (Å²) in [4.78, 5) is 45.2. The van der Waals surface area contributed by atoms with E-state index in [0.29, 0.717) is 50.4 Å². The number of carbonyl (C=O) groups is 3. The number of Topliss-reactive ketones (excluding diaryl/α,β-unsaturated/α-hetero) is 2. The lowest BCUT2D eigenvalue weighted by molar-refractivity contribution is -0.699. The molecule has 0 amide bonds. The molecule has 2 aliphatic carbocycles. The predicted molar refractivity (Wildman–Crippen MR) is 166 cm³/mol. The van der Waals surface area contributed by atoms with Crippen molar-refractivity contribution in [3.63, 3.8) is 0 Å². The van der Waals surface area contributed by atoms with E-state index < -0.39 is 35.1 Å². The smallest absolute Gasteiger partial charge is 0.350 e. The predicted octanol–water partition coefficient (Wildman–Crippen LogP) is -0.315. The lowest BCUT2D eigenvalue weighted by Crippen LogP contribution is -2.95. The van der Waals surface area contributed by atoms with Crippen molar-refractivity contribution in [3.05, 3.63) is 11.6 Å². The van der Waals surface area contributed by atoms with E-state index in [1.165, 1.54) is 0 Å². The summed E-state index contributed by atoms with van der Waals surface area (Å²) in [6, 6.07) is 0.0348. The number of rotatable bonds is 15. The van der Waals surface area contributed by atoms with Crippen molar-refractivity contribution in [2.75, 3.05) is 20.2 Å². The molecule has 0 spiro atoms. The van der Waals surface area contributed by atoms with Crippen molar-refractivity contribution >= 4 is 23.5 Å². The van der Waals surface area contributed by atoms with E-state index in [2.05, 4.69) is 22.5 Å². The fraction of sp³-hybridized carbons (Fsp3) is 0.818. The van der Waals surface area contributed by atoms with Crippen LogP contribution >= 0.6 is 0 Å². The number of aliphatic hydroxyl groups excluding tert-OH is 1. The lowest BCUT2D eigenvalue weighted by Gasteiger charge is -2.37. The number of quaternary nitrogens is 1. The molecule has 0 aromatic carbocycles. The van der Waals surface area contributed by atoms with Crippen molar-refractivity contribution in [3.8, 4) is 0 Å². The Kier molecular flexibility index (Phi) is 12.0. The molecule has 0 aromatic rings. The van der Waals surface area contributed by atoms with Crippen LogP contribution in [-0.4, -0.2) is 78.3 Å². The largest absolute Gasteiger partial charge is 0.460 e. The number of piperidine rings is 1. The number of carbonyl (C=O) groups excluding carboxylic acids is 3. The first kappa shape index (κ1) is 34.5. The van der Waals surface area contributed by atoms with Crippen LogP contribution in [0.3, 0.4) is 0 Å². The summed E-state index contributed by atoms with van der Waals surface area (Å²) in [7, 11) is 1.77. The third-order valence-corrected chi connectivity index (χ3v) is 10.5. The number of ketones is 2. The minimum Gasteiger partial charge on any atom is -0.460 e. The molecule has 2 saturated heterocycles. The number of epoxide rings is 1. The second-order valence-corrected chi connectivity index (χ2v) is 13.6. The van der Waals surface area contributed by atoms with Crippen molar-refractivity contribution in [1.29, 1.82) is 0 Å². The van der Waals surface area contributed by atoms with Gasteiger partial charge in [0.1, 0.15) is 12.3 Å². The molecule has 4 rings (SSSR count). The highest BCUT2D eigenvalue weighted by atomic mass is 16.7. The van der Waals surface area contributed by atoms with Crippen LogP contribution < -0.4 is 27.1 Å². The van der Waals surface area contributed by atoms with Gasteiger partial charge in [-0.15, -0.1) is 0 Å². The molecule has 0 aromatic heterocycles. The average molecular weight is 620 g/mol. The second-order valence-electron chi connectivity index (χ2n) is 13.6. The van der Waals surface area contributed by atoms with Gasteiger partial charge in [0.15, 0.2) is 17.2 Å². The van der Waals surface area contributed by atoms with Crippen LogP contribution in [-0.2, 0) is 23.9 Å². The van der Waals surface area contributed by atoms with Crippen LogP contribution in [0.2, 0.25) is 0 Å². The Hall–Kier alpha value is -2.34. The Balaban J connectivity index is 1.57. The Morgan fingerprint density at radius 3 is 2.55 bits per heavy atom.